The smallest absolute Gasteiger partial charge is 0.331 e. The second kappa shape index (κ2) is 14.2. The maximum absolute atomic E-state index is 12.9. The number of carbonyl (C=O) groups excluding carboxylic acids is 5. The number of nitrogens with one attached hydrogen (secondary N) is 2. The molecule has 220 valence electrons. The van der Waals surface area contributed by atoms with E-state index in [0.29, 0.717) is 32.2 Å². The Morgan fingerprint density at radius 3 is 1.97 bits per heavy atom. The van der Waals surface area contributed by atoms with Gasteiger partial charge in [0.2, 0.25) is 11.8 Å². The van der Waals surface area contributed by atoms with Crippen LogP contribution in [0.2, 0.25) is 0 Å². The summed E-state index contributed by atoms with van der Waals surface area (Å²) in [7, 11) is 0. The zero-order valence-corrected chi connectivity index (χ0v) is 24.3. The molecule has 0 radical (unpaired) electrons. The molecule has 11 heteroatoms. The third-order valence-electron chi connectivity index (χ3n) is 5.94. The number of carboxylic acid groups (broad SMARTS) is 1. The Morgan fingerprint density at radius 1 is 0.872 bits per heavy atom. The van der Waals surface area contributed by atoms with Crippen molar-refractivity contribution in [3.05, 3.63) is 12.2 Å². The number of amides is 4. The largest absolute Gasteiger partial charge is 0.481 e. The van der Waals surface area contributed by atoms with Crippen molar-refractivity contribution in [1.82, 2.24) is 15.5 Å². The van der Waals surface area contributed by atoms with Crippen LogP contribution in [-0.2, 0) is 33.5 Å². The van der Waals surface area contributed by atoms with Crippen molar-refractivity contribution in [1.29, 1.82) is 0 Å². The van der Waals surface area contributed by atoms with Crippen molar-refractivity contribution in [2.75, 3.05) is 13.1 Å². The fourth-order valence-electron chi connectivity index (χ4n) is 4.76. The van der Waals surface area contributed by atoms with E-state index in [4.69, 9.17) is 9.84 Å². The van der Waals surface area contributed by atoms with Gasteiger partial charge >= 0.3 is 11.9 Å². The first-order chi connectivity index (χ1) is 17.8. The molecule has 3 N–H and O–H groups in total. The number of rotatable bonds is 16. The maximum atomic E-state index is 12.9. The van der Waals surface area contributed by atoms with Gasteiger partial charge < -0.3 is 20.5 Å². The Hall–Kier alpha value is -3.24. The van der Waals surface area contributed by atoms with E-state index in [-0.39, 0.29) is 43.5 Å². The van der Waals surface area contributed by atoms with Crippen LogP contribution in [-0.4, -0.2) is 70.3 Å². The van der Waals surface area contributed by atoms with Crippen molar-refractivity contribution in [2.45, 2.75) is 105 Å². The summed E-state index contributed by atoms with van der Waals surface area (Å²) in [5.74, 6) is -2.95. The van der Waals surface area contributed by atoms with Crippen LogP contribution >= 0.6 is 0 Å². The van der Waals surface area contributed by atoms with Crippen LogP contribution < -0.4 is 10.6 Å². The maximum Gasteiger partial charge on any atom is 0.331 e. The van der Waals surface area contributed by atoms with Crippen LogP contribution in [0.25, 0.3) is 0 Å². The van der Waals surface area contributed by atoms with Crippen molar-refractivity contribution < 1.29 is 38.6 Å². The first-order valence-corrected chi connectivity index (χ1v) is 13.3. The second-order valence-corrected chi connectivity index (χ2v) is 12.7. The number of esters is 1. The van der Waals surface area contributed by atoms with Crippen LogP contribution in [0.1, 0.15) is 93.4 Å². The second-order valence-electron chi connectivity index (χ2n) is 12.7. The predicted octanol–water partition coefficient (Wildman–Crippen LogP) is 2.72. The lowest BCUT2D eigenvalue weighted by molar-refractivity contribution is -0.158. The van der Waals surface area contributed by atoms with Crippen molar-refractivity contribution in [3.63, 3.8) is 0 Å². The molecular formula is C28H45N3O8. The zero-order chi connectivity index (χ0) is 30.0. The number of ether oxygens (including phenoxy) is 1. The number of hydrogen-bond donors (Lipinski definition) is 3. The van der Waals surface area contributed by atoms with Crippen LogP contribution in [0.5, 0.6) is 0 Å². The Labute approximate surface area is 231 Å². The fraction of sp³-hybridized carbons (Fsp3) is 0.714. The molecule has 1 rings (SSSR count). The molecule has 0 aliphatic carbocycles. The third kappa shape index (κ3) is 13.9. The molecule has 0 aromatic carbocycles. The van der Waals surface area contributed by atoms with Gasteiger partial charge in [-0.1, -0.05) is 34.1 Å². The van der Waals surface area contributed by atoms with E-state index in [0.717, 1.165) is 4.90 Å². The van der Waals surface area contributed by atoms with E-state index in [9.17, 15) is 28.8 Å². The summed E-state index contributed by atoms with van der Waals surface area (Å²) in [6.45, 7) is 12.7. The molecule has 1 aliphatic rings. The highest BCUT2D eigenvalue weighted by Gasteiger charge is 2.34. The molecule has 39 heavy (non-hydrogen) atoms. The lowest BCUT2D eigenvalue weighted by Crippen LogP contribution is -2.51. The van der Waals surface area contributed by atoms with Gasteiger partial charge in [0, 0.05) is 38.1 Å². The average Bonchev–Trinajstić information content (AvgIpc) is 3.04. The molecule has 4 amide bonds. The molecule has 0 aromatic rings. The van der Waals surface area contributed by atoms with E-state index in [1.54, 1.807) is 20.8 Å². The summed E-state index contributed by atoms with van der Waals surface area (Å²) in [6, 6.07) is -1.09. The highest BCUT2D eigenvalue weighted by atomic mass is 16.6. The number of nitrogens with zero attached hydrogens (tertiary/aromatic N) is 1. The molecular weight excluding hydrogens is 506 g/mol. The highest BCUT2D eigenvalue weighted by Crippen LogP contribution is 2.38. The number of carbonyl (C=O) groups is 6. The summed E-state index contributed by atoms with van der Waals surface area (Å²) in [4.78, 5) is 73.5. The Bertz CT molecular complexity index is 944. The normalized spacial score (nSPS) is 14.8. The van der Waals surface area contributed by atoms with Gasteiger partial charge in [-0.2, -0.15) is 0 Å². The first-order valence-electron chi connectivity index (χ1n) is 13.3. The van der Waals surface area contributed by atoms with Crippen LogP contribution in [0.3, 0.4) is 0 Å². The Balaban J connectivity index is 2.62. The number of unbranched alkanes of at least 4 members (excludes halogenated alkanes) is 2. The van der Waals surface area contributed by atoms with Gasteiger partial charge in [0.15, 0.2) is 0 Å². The van der Waals surface area contributed by atoms with Crippen LogP contribution in [0.15, 0.2) is 12.2 Å². The number of hydrogen-bond acceptors (Lipinski definition) is 7. The van der Waals surface area contributed by atoms with Crippen molar-refractivity contribution >= 4 is 35.6 Å². The summed E-state index contributed by atoms with van der Waals surface area (Å²) in [6.07, 6.45) is 4.88. The van der Waals surface area contributed by atoms with E-state index in [1.807, 2.05) is 27.7 Å². The minimum Gasteiger partial charge on any atom is -0.481 e. The predicted molar refractivity (Wildman–Crippen MR) is 144 cm³/mol. The van der Waals surface area contributed by atoms with E-state index in [1.165, 1.54) is 12.2 Å². The van der Waals surface area contributed by atoms with Gasteiger partial charge in [-0.05, 0) is 50.9 Å². The zero-order valence-electron chi connectivity index (χ0n) is 24.3. The highest BCUT2D eigenvalue weighted by molar-refractivity contribution is 6.12. The van der Waals surface area contributed by atoms with Gasteiger partial charge in [-0.3, -0.25) is 28.9 Å². The van der Waals surface area contributed by atoms with Gasteiger partial charge in [-0.15, -0.1) is 0 Å². The first kappa shape index (κ1) is 33.8. The van der Waals surface area contributed by atoms with Crippen LogP contribution in [0.4, 0.5) is 0 Å². The molecule has 1 unspecified atom stereocenters. The lowest BCUT2D eigenvalue weighted by atomic mass is 9.72. The van der Waals surface area contributed by atoms with Gasteiger partial charge in [0.1, 0.15) is 11.6 Å². The third-order valence-corrected chi connectivity index (χ3v) is 5.94. The van der Waals surface area contributed by atoms with E-state index < -0.39 is 40.3 Å². The van der Waals surface area contributed by atoms with Crippen molar-refractivity contribution in [3.8, 4) is 0 Å². The molecule has 0 aromatic heterocycles. The van der Waals surface area contributed by atoms with Gasteiger partial charge in [-0.25, -0.2) is 4.79 Å². The van der Waals surface area contributed by atoms with Crippen molar-refractivity contribution in [2.24, 2.45) is 10.8 Å². The minimum absolute atomic E-state index is 0.0314. The molecule has 0 saturated heterocycles. The monoisotopic (exact) mass is 551 g/mol. The molecule has 1 aliphatic heterocycles. The lowest BCUT2D eigenvalue weighted by Gasteiger charge is -2.34. The van der Waals surface area contributed by atoms with Crippen LogP contribution in [0, 0.1) is 10.8 Å². The number of aliphatic carboxylic acids is 1. The average molecular weight is 552 g/mol. The Kier molecular flexibility index (Phi) is 12.3. The molecule has 0 saturated carbocycles. The topological polar surface area (TPSA) is 159 Å². The van der Waals surface area contributed by atoms with E-state index in [2.05, 4.69) is 10.6 Å². The molecule has 1 heterocycles. The summed E-state index contributed by atoms with van der Waals surface area (Å²) < 4.78 is 5.43. The summed E-state index contributed by atoms with van der Waals surface area (Å²) in [5.41, 5.74) is -1.85. The SMILES string of the molecule is CC(C)(CC(=O)O)CC(C)(C)CC(=O)NC(CNC(=O)CCCCCN1C(=O)C=CC1=O)C(=O)OC(C)(C)C. The summed E-state index contributed by atoms with van der Waals surface area (Å²) in [5, 5.41) is 14.5. The standard InChI is InChI=1S/C28H45N3O8/c1-26(2,3)39-25(38)19(30-21(33)15-27(4,5)18-28(6,7)16-24(36)37)17-29-20(32)11-9-8-10-14-31-22(34)12-13-23(31)35/h12-13,19H,8-11,14-18H2,1-7H3,(H,29,32)(H,30,33)(H,36,37). The Morgan fingerprint density at radius 2 is 1.44 bits per heavy atom. The molecule has 0 fully saturated rings. The minimum atomic E-state index is -1.09. The quantitative estimate of drug-likeness (QED) is 0.150. The van der Waals surface area contributed by atoms with Gasteiger partial charge in [0.05, 0.1) is 6.42 Å². The number of imide groups is 1. The molecule has 0 spiro atoms. The summed E-state index contributed by atoms with van der Waals surface area (Å²) >= 11 is 0. The van der Waals surface area contributed by atoms with E-state index >= 15 is 0 Å². The fourth-order valence-corrected chi connectivity index (χ4v) is 4.76. The van der Waals surface area contributed by atoms with Gasteiger partial charge in [0.25, 0.3) is 11.8 Å². The molecule has 1 atom stereocenters. The number of carboxylic acids is 1. The molecule has 11 nitrogen and oxygen atoms in total. The molecule has 0 bridgehead atoms.